The highest BCUT2D eigenvalue weighted by atomic mass is 16.2. The highest BCUT2D eigenvalue weighted by Gasteiger charge is 2.03. The highest BCUT2D eigenvalue weighted by Crippen LogP contribution is 2.07. The van der Waals surface area contributed by atoms with Crippen LogP contribution in [-0.4, -0.2) is 24.8 Å². The maximum Gasteiger partial charge on any atom is 0.0431 e. The Morgan fingerprint density at radius 1 is 1.17 bits per heavy atom. The smallest absolute Gasteiger partial charge is 0.0431 e. The first-order valence-electron chi connectivity index (χ1n) is 5.13. The Hall–Kier alpha value is -0.0800. The van der Waals surface area contributed by atoms with Crippen molar-refractivity contribution in [3.8, 4) is 0 Å². The summed E-state index contributed by atoms with van der Waals surface area (Å²) in [5.41, 5.74) is 0. The van der Waals surface area contributed by atoms with Crippen LogP contribution in [0.15, 0.2) is 0 Å². The summed E-state index contributed by atoms with van der Waals surface area (Å²) in [6.07, 6.45) is 7.16. The molecule has 0 rings (SSSR count). The number of aliphatic hydroxyl groups is 1. The lowest BCUT2D eigenvalue weighted by Gasteiger charge is -2.14. The average molecular weight is 173 g/mol. The lowest BCUT2D eigenvalue weighted by atomic mass is 10.0. The fourth-order valence-electron chi connectivity index (χ4n) is 1.39. The molecule has 0 aromatic heterocycles. The van der Waals surface area contributed by atoms with Crippen LogP contribution in [0, 0.1) is 0 Å². The molecule has 0 radical (unpaired) electrons. The van der Waals surface area contributed by atoms with Crippen LogP contribution in [-0.2, 0) is 0 Å². The number of rotatable bonds is 8. The van der Waals surface area contributed by atoms with Crippen LogP contribution in [0.4, 0.5) is 0 Å². The summed E-state index contributed by atoms with van der Waals surface area (Å²) in [4.78, 5) is 0. The molecule has 2 nitrogen and oxygen atoms in total. The average Bonchev–Trinajstić information content (AvgIpc) is 2.11. The van der Waals surface area contributed by atoms with Gasteiger partial charge in [0.15, 0.2) is 0 Å². The minimum absolute atomic E-state index is 0.338. The summed E-state index contributed by atoms with van der Waals surface area (Å²) in [5.74, 6) is 0. The minimum atomic E-state index is 0.338. The Morgan fingerprint density at radius 2 is 1.83 bits per heavy atom. The van der Waals surface area contributed by atoms with E-state index >= 15 is 0 Å². The molecule has 12 heavy (non-hydrogen) atoms. The Kier molecular flexibility index (Phi) is 8.95. The molecular formula is C10H23NO. The maximum absolute atomic E-state index is 8.61. The Bertz CT molecular complexity index is 85.9. The fourth-order valence-corrected chi connectivity index (χ4v) is 1.39. The van der Waals surface area contributed by atoms with Gasteiger partial charge in [0.05, 0.1) is 0 Å². The van der Waals surface area contributed by atoms with Gasteiger partial charge in [0, 0.05) is 12.6 Å². The predicted octanol–water partition coefficient (Wildman–Crippen LogP) is 1.93. The van der Waals surface area contributed by atoms with Gasteiger partial charge in [-0.3, -0.25) is 0 Å². The molecule has 0 aliphatic rings. The van der Waals surface area contributed by atoms with Gasteiger partial charge in [0.25, 0.3) is 0 Å². The zero-order valence-electron chi connectivity index (χ0n) is 8.47. The van der Waals surface area contributed by atoms with Crippen molar-refractivity contribution in [1.29, 1.82) is 0 Å². The Labute approximate surface area is 76.4 Å². The van der Waals surface area contributed by atoms with E-state index in [0.29, 0.717) is 12.6 Å². The quantitative estimate of drug-likeness (QED) is 0.550. The predicted molar refractivity (Wildman–Crippen MR) is 53.3 cm³/mol. The van der Waals surface area contributed by atoms with Gasteiger partial charge in [-0.1, -0.05) is 19.8 Å². The van der Waals surface area contributed by atoms with E-state index < -0.39 is 0 Å². The van der Waals surface area contributed by atoms with Crippen LogP contribution in [0.1, 0.15) is 45.4 Å². The summed E-state index contributed by atoms with van der Waals surface area (Å²) >= 11 is 0. The fraction of sp³-hybridized carbons (Fsp3) is 1.00. The van der Waals surface area contributed by atoms with Crippen molar-refractivity contribution in [3.63, 3.8) is 0 Å². The molecule has 0 aromatic carbocycles. The molecule has 0 aromatic rings. The number of hydrogen-bond donors (Lipinski definition) is 2. The molecule has 1 atom stereocenters. The van der Waals surface area contributed by atoms with E-state index in [9.17, 15) is 0 Å². The van der Waals surface area contributed by atoms with E-state index in [1.165, 1.54) is 25.7 Å². The van der Waals surface area contributed by atoms with Gasteiger partial charge >= 0.3 is 0 Å². The molecule has 0 aliphatic heterocycles. The second-order valence-electron chi connectivity index (χ2n) is 3.35. The molecule has 0 amide bonds. The molecule has 2 N–H and O–H groups in total. The van der Waals surface area contributed by atoms with E-state index in [0.717, 1.165) is 12.8 Å². The van der Waals surface area contributed by atoms with Crippen LogP contribution in [0.5, 0.6) is 0 Å². The summed E-state index contributed by atoms with van der Waals surface area (Å²) < 4.78 is 0. The van der Waals surface area contributed by atoms with Gasteiger partial charge in [-0.2, -0.15) is 0 Å². The van der Waals surface area contributed by atoms with Crippen molar-refractivity contribution >= 4 is 0 Å². The number of hydrogen-bond acceptors (Lipinski definition) is 2. The molecule has 0 heterocycles. The van der Waals surface area contributed by atoms with Crippen LogP contribution in [0.3, 0.4) is 0 Å². The van der Waals surface area contributed by atoms with Gasteiger partial charge in [-0.25, -0.2) is 0 Å². The maximum atomic E-state index is 8.61. The first kappa shape index (κ1) is 11.9. The van der Waals surface area contributed by atoms with Crippen molar-refractivity contribution in [2.75, 3.05) is 13.7 Å². The molecule has 0 spiro atoms. The summed E-state index contributed by atoms with van der Waals surface area (Å²) in [7, 11) is 2.03. The molecular weight excluding hydrogens is 150 g/mol. The molecule has 1 unspecified atom stereocenters. The van der Waals surface area contributed by atoms with Crippen molar-refractivity contribution in [2.45, 2.75) is 51.5 Å². The van der Waals surface area contributed by atoms with E-state index in [4.69, 9.17) is 5.11 Å². The molecule has 2 heteroatoms. The van der Waals surface area contributed by atoms with Crippen LogP contribution >= 0.6 is 0 Å². The first-order chi connectivity index (χ1) is 5.85. The minimum Gasteiger partial charge on any atom is -0.396 e. The monoisotopic (exact) mass is 173 g/mol. The van der Waals surface area contributed by atoms with Gasteiger partial charge in [0.2, 0.25) is 0 Å². The molecule has 0 saturated heterocycles. The second-order valence-corrected chi connectivity index (χ2v) is 3.35. The molecule has 0 fully saturated rings. The number of aliphatic hydroxyl groups excluding tert-OH is 1. The summed E-state index contributed by atoms with van der Waals surface area (Å²) in [5, 5.41) is 11.9. The lowest BCUT2D eigenvalue weighted by molar-refractivity contribution is 0.279. The topological polar surface area (TPSA) is 32.3 Å². The highest BCUT2D eigenvalue weighted by molar-refractivity contribution is 4.63. The zero-order valence-corrected chi connectivity index (χ0v) is 8.47. The van der Waals surface area contributed by atoms with Crippen LogP contribution in [0.2, 0.25) is 0 Å². The van der Waals surface area contributed by atoms with E-state index in [-0.39, 0.29) is 0 Å². The largest absolute Gasteiger partial charge is 0.396 e. The van der Waals surface area contributed by atoms with Crippen molar-refractivity contribution in [3.05, 3.63) is 0 Å². The summed E-state index contributed by atoms with van der Waals surface area (Å²) in [6, 6.07) is 0.663. The Balaban J connectivity index is 3.26. The van der Waals surface area contributed by atoms with Crippen molar-refractivity contribution < 1.29 is 5.11 Å². The Morgan fingerprint density at radius 3 is 2.33 bits per heavy atom. The third-order valence-corrected chi connectivity index (χ3v) is 2.28. The van der Waals surface area contributed by atoms with Crippen LogP contribution in [0.25, 0.3) is 0 Å². The standard InChI is InChI=1S/C10H23NO/c1-3-4-7-10(11-2)8-5-6-9-12/h10-12H,3-9H2,1-2H3. The third kappa shape index (κ3) is 6.62. The SMILES string of the molecule is CCCCC(CCCCO)NC. The van der Waals surface area contributed by atoms with Crippen molar-refractivity contribution in [2.24, 2.45) is 0 Å². The van der Waals surface area contributed by atoms with Crippen LogP contribution < -0.4 is 5.32 Å². The molecule has 74 valence electrons. The van der Waals surface area contributed by atoms with Gasteiger partial charge in [-0.15, -0.1) is 0 Å². The van der Waals surface area contributed by atoms with Gasteiger partial charge in [-0.05, 0) is 32.7 Å². The van der Waals surface area contributed by atoms with Gasteiger partial charge in [0.1, 0.15) is 0 Å². The first-order valence-corrected chi connectivity index (χ1v) is 5.13. The van der Waals surface area contributed by atoms with Crippen molar-refractivity contribution in [1.82, 2.24) is 5.32 Å². The zero-order chi connectivity index (χ0) is 9.23. The number of unbranched alkanes of at least 4 members (excludes halogenated alkanes) is 2. The van der Waals surface area contributed by atoms with E-state index in [2.05, 4.69) is 12.2 Å². The normalized spacial score (nSPS) is 13.2. The number of nitrogens with one attached hydrogen (secondary N) is 1. The lowest BCUT2D eigenvalue weighted by Crippen LogP contribution is -2.24. The third-order valence-electron chi connectivity index (χ3n) is 2.28. The van der Waals surface area contributed by atoms with Gasteiger partial charge < -0.3 is 10.4 Å². The molecule has 0 bridgehead atoms. The van der Waals surface area contributed by atoms with E-state index in [1.807, 2.05) is 7.05 Å². The molecule has 0 aliphatic carbocycles. The molecule has 0 saturated carbocycles. The summed E-state index contributed by atoms with van der Waals surface area (Å²) in [6.45, 7) is 2.56. The van der Waals surface area contributed by atoms with E-state index in [1.54, 1.807) is 0 Å². The second kappa shape index (κ2) is 9.01.